The zero-order valence-electron chi connectivity index (χ0n) is 8.50. The molecule has 0 radical (unpaired) electrons. The standard InChI is InChI=1S/C7H12O3.C2H6O/c1-3-10-7(9)5-4-6(2)8;1-2-3/h3-5H2,1-2H3;3H,2H2,1H3. The van der Waals surface area contributed by atoms with E-state index in [-0.39, 0.29) is 24.8 Å². The molecule has 0 aliphatic carbocycles. The van der Waals surface area contributed by atoms with E-state index in [0.29, 0.717) is 13.0 Å². The predicted octanol–water partition coefficient (Wildman–Crippen LogP) is 0.917. The normalized spacial score (nSPS) is 8.31. The van der Waals surface area contributed by atoms with Crippen molar-refractivity contribution in [2.75, 3.05) is 13.2 Å². The van der Waals surface area contributed by atoms with E-state index in [1.165, 1.54) is 6.92 Å². The van der Waals surface area contributed by atoms with Crippen molar-refractivity contribution >= 4 is 11.8 Å². The van der Waals surface area contributed by atoms with Crippen molar-refractivity contribution in [3.05, 3.63) is 0 Å². The van der Waals surface area contributed by atoms with Crippen LogP contribution in [0.1, 0.15) is 33.6 Å². The summed E-state index contributed by atoms with van der Waals surface area (Å²) in [6.07, 6.45) is 0.502. The minimum absolute atomic E-state index is 0.0213. The maximum atomic E-state index is 10.6. The van der Waals surface area contributed by atoms with Crippen molar-refractivity contribution in [3.63, 3.8) is 0 Å². The molecule has 0 aromatic carbocycles. The van der Waals surface area contributed by atoms with Crippen molar-refractivity contribution in [3.8, 4) is 0 Å². The van der Waals surface area contributed by atoms with Crippen LogP contribution in [-0.2, 0) is 14.3 Å². The number of ether oxygens (including phenoxy) is 1. The Hall–Kier alpha value is -0.900. The molecule has 0 unspecified atom stereocenters. The summed E-state index contributed by atoms with van der Waals surface area (Å²) in [4.78, 5) is 20.9. The lowest BCUT2D eigenvalue weighted by molar-refractivity contribution is -0.144. The lowest BCUT2D eigenvalue weighted by atomic mass is 10.2. The molecule has 0 saturated heterocycles. The molecule has 13 heavy (non-hydrogen) atoms. The molecular weight excluding hydrogens is 172 g/mol. The van der Waals surface area contributed by atoms with Gasteiger partial charge in [-0.15, -0.1) is 0 Å². The fraction of sp³-hybridized carbons (Fsp3) is 0.778. The Balaban J connectivity index is 0. The van der Waals surface area contributed by atoms with Gasteiger partial charge in [0.1, 0.15) is 5.78 Å². The van der Waals surface area contributed by atoms with Crippen LogP contribution in [0.2, 0.25) is 0 Å². The smallest absolute Gasteiger partial charge is 0.306 e. The van der Waals surface area contributed by atoms with Crippen LogP contribution in [0.15, 0.2) is 0 Å². The summed E-state index contributed by atoms with van der Waals surface area (Å²) in [6, 6.07) is 0. The van der Waals surface area contributed by atoms with Gasteiger partial charge in [-0.25, -0.2) is 0 Å². The summed E-state index contributed by atoms with van der Waals surface area (Å²) < 4.78 is 4.60. The Morgan fingerprint density at radius 1 is 1.23 bits per heavy atom. The SMILES string of the molecule is CCO.CCOC(=O)CCC(C)=O. The molecule has 0 fully saturated rings. The molecule has 0 aliphatic rings. The molecule has 0 aliphatic heterocycles. The van der Waals surface area contributed by atoms with Crippen LogP contribution in [0, 0.1) is 0 Å². The first kappa shape index (κ1) is 14.6. The van der Waals surface area contributed by atoms with Crippen LogP contribution in [-0.4, -0.2) is 30.1 Å². The summed E-state index contributed by atoms with van der Waals surface area (Å²) >= 11 is 0. The summed E-state index contributed by atoms with van der Waals surface area (Å²) in [7, 11) is 0. The van der Waals surface area contributed by atoms with Gasteiger partial charge in [-0.2, -0.15) is 0 Å². The summed E-state index contributed by atoms with van der Waals surface area (Å²) in [5.41, 5.74) is 0. The summed E-state index contributed by atoms with van der Waals surface area (Å²) in [5.74, 6) is -0.272. The van der Waals surface area contributed by atoms with Crippen molar-refractivity contribution in [1.29, 1.82) is 0 Å². The Labute approximate surface area is 78.9 Å². The maximum Gasteiger partial charge on any atom is 0.306 e. The topological polar surface area (TPSA) is 63.6 Å². The summed E-state index contributed by atoms with van der Waals surface area (Å²) in [6.45, 7) is 5.52. The molecule has 0 spiro atoms. The number of hydrogen-bond acceptors (Lipinski definition) is 4. The number of rotatable bonds is 4. The molecule has 0 heterocycles. The van der Waals surface area contributed by atoms with Gasteiger partial charge in [-0.1, -0.05) is 0 Å². The van der Waals surface area contributed by atoms with Gasteiger partial charge >= 0.3 is 5.97 Å². The first-order valence-corrected chi connectivity index (χ1v) is 4.34. The Kier molecular flexibility index (Phi) is 12.5. The third kappa shape index (κ3) is 18.2. The second-order valence-corrected chi connectivity index (χ2v) is 2.32. The predicted molar refractivity (Wildman–Crippen MR) is 49.3 cm³/mol. The lowest BCUT2D eigenvalue weighted by Gasteiger charge is -1.97. The maximum absolute atomic E-state index is 10.6. The molecule has 0 bridgehead atoms. The molecule has 0 atom stereocenters. The molecule has 1 N–H and O–H groups in total. The fourth-order valence-electron chi connectivity index (χ4n) is 0.511. The third-order valence-corrected chi connectivity index (χ3v) is 0.987. The van der Waals surface area contributed by atoms with E-state index in [4.69, 9.17) is 5.11 Å². The highest BCUT2D eigenvalue weighted by Crippen LogP contribution is 1.92. The van der Waals surface area contributed by atoms with E-state index in [9.17, 15) is 9.59 Å². The molecule has 0 rings (SSSR count). The second-order valence-electron chi connectivity index (χ2n) is 2.32. The van der Waals surface area contributed by atoms with Crippen LogP contribution in [0.4, 0.5) is 0 Å². The van der Waals surface area contributed by atoms with E-state index < -0.39 is 0 Å². The Morgan fingerprint density at radius 3 is 2.00 bits per heavy atom. The van der Waals surface area contributed by atoms with E-state index in [1.807, 2.05) is 0 Å². The number of Topliss-reactive ketones (excluding diaryl/α,β-unsaturated/α-hetero) is 1. The van der Waals surface area contributed by atoms with Crippen molar-refractivity contribution in [2.45, 2.75) is 33.6 Å². The minimum atomic E-state index is -0.294. The highest BCUT2D eigenvalue weighted by Gasteiger charge is 2.02. The molecule has 0 amide bonds. The van der Waals surface area contributed by atoms with Gasteiger partial charge in [0.15, 0.2) is 0 Å². The quantitative estimate of drug-likeness (QED) is 0.669. The van der Waals surface area contributed by atoms with E-state index in [1.54, 1.807) is 13.8 Å². The monoisotopic (exact) mass is 190 g/mol. The van der Waals surface area contributed by atoms with Crippen molar-refractivity contribution < 1.29 is 19.4 Å². The van der Waals surface area contributed by atoms with E-state index >= 15 is 0 Å². The van der Waals surface area contributed by atoms with Crippen LogP contribution in [0.25, 0.3) is 0 Å². The number of hydrogen-bond donors (Lipinski definition) is 1. The fourth-order valence-corrected chi connectivity index (χ4v) is 0.511. The molecule has 4 nitrogen and oxygen atoms in total. The number of aliphatic hydroxyl groups is 1. The molecule has 0 saturated carbocycles. The Bertz CT molecular complexity index is 143. The largest absolute Gasteiger partial charge is 0.466 e. The number of ketones is 1. The molecule has 4 heteroatoms. The number of aliphatic hydroxyl groups excluding tert-OH is 1. The summed E-state index contributed by atoms with van der Waals surface area (Å²) in [5, 5.41) is 7.57. The van der Waals surface area contributed by atoms with Crippen LogP contribution in [0.5, 0.6) is 0 Å². The Morgan fingerprint density at radius 2 is 1.69 bits per heavy atom. The number of esters is 1. The average Bonchev–Trinajstić information content (AvgIpc) is 2.03. The van der Waals surface area contributed by atoms with Crippen molar-refractivity contribution in [1.82, 2.24) is 0 Å². The van der Waals surface area contributed by atoms with Gasteiger partial charge in [-0.05, 0) is 20.8 Å². The van der Waals surface area contributed by atoms with E-state index in [0.717, 1.165) is 0 Å². The molecule has 0 aromatic rings. The highest BCUT2D eigenvalue weighted by atomic mass is 16.5. The zero-order chi connectivity index (χ0) is 10.7. The third-order valence-electron chi connectivity index (χ3n) is 0.987. The van der Waals surface area contributed by atoms with Crippen LogP contribution < -0.4 is 0 Å². The van der Waals surface area contributed by atoms with Gasteiger partial charge in [0.2, 0.25) is 0 Å². The second kappa shape index (κ2) is 11.1. The van der Waals surface area contributed by atoms with Gasteiger partial charge in [0, 0.05) is 13.0 Å². The first-order valence-electron chi connectivity index (χ1n) is 4.34. The lowest BCUT2D eigenvalue weighted by Crippen LogP contribution is -2.05. The molecular formula is C9H18O4. The van der Waals surface area contributed by atoms with Gasteiger partial charge in [0.05, 0.1) is 13.0 Å². The number of carbonyl (C=O) groups excluding carboxylic acids is 2. The highest BCUT2D eigenvalue weighted by molar-refractivity contribution is 5.80. The molecule has 0 aromatic heterocycles. The minimum Gasteiger partial charge on any atom is -0.466 e. The average molecular weight is 190 g/mol. The van der Waals surface area contributed by atoms with Gasteiger partial charge < -0.3 is 14.6 Å². The van der Waals surface area contributed by atoms with Crippen LogP contribution >= 0.6 is 0 Å². The van der Waals surface area contributed by atoms with Crippen molar-refractivity contribution in [2.24, 2.45) is 0 Å². The number of carbonyl (C=O) groups is 2. The zero-order valence-corrected chi connectivity index (χ0v) is 8.50. The first-order chi connectivity index (χ1) is 6.08. The van der Waals surface area contributed by atoms with Gasteiger partial charge in [-0.3, -0.25) is 4.79 Å². The van der Waals surface area contributed by atoms with Gasteiger partial charge in [0.25, 0.3) is 0 Å². The molecule has 78 valence electrons. The van der Waals surface area contributed by atoms with E-state index in [2.05, 4.69) is 4.74 Å². The van der Waals surface area contributed by atoms with Crippen LogP contribution in [0.3, 0.4) is 0 Å².